The lowest BCUT2D eigenvalue weighted by atomic mass is 9.95. The van der Waals surface area contributed by atoms with Gasteiger partial charge in [-0.15, -0.1) is 11.3 Å². The first-order valence-corrected chi connectivity index (χ1v) is 11.0. The highest BCUT2D eigenvalue weighted by atomic mass is 32.1. The van der Waals surface area contributed by atoms with Crippen LogP contribution in [0.5, 0.6) is 5.75 Å². The average molecular weight is 459 g/mol. The van der Waals surface area contributed by atoms with Crippen LogP contribution >= 0.6 is 11.3 Å². The van der Waals surface area contributed by atoms with Crippen LogP contribution < -0.4 is 5.84 Å². The van der Waals surface area contributed by atoms with Crippen molar-refractivity contribution in [1.29, 1.82) is 0 Å². The standard InChI is InChI=1S/C24H22N6O2S/c1-15(17-6-5-9-26-13-17)12-20(18-7-3-4-8-21(18)31)30(25)24(32)22-16(2)29-23(33-22)19-14-27-10-11-28-19/h3-11,13-14,20,31H,1,12,25H2,2H3. The summed E-state index contributed by atoms with van der Waals surface area (Å²) in [7, 11) is 0. The quantitative estimate of drug-likeness (QED) is 0.242. The summed E-state index contributed by atoms with van der Waals surface area (Å²) in [6, 6.07) is 9.86. The van der Waals surface area contributed by atoms with Crippen molar-refractivity contribution >= 4 is 22.8 Å². The van der Waals surface area contributed by atoms with Crippen LogP contribution in [0, 0.1) is 6.92 Å². The fraction of sp³-hybridized carbons (Fsp3) is 0.125. The summed E-state index contributed by atoms with van der Waals surface area (Å²) in [5.74, 6) is 6.04. The molecule has 1 amide bonds. The topological polar surface area (TPSA) is 118 Å². The number of aryl methyl sites for hydroxylation is 1. The molecule has 33 heavy (non-hydrogen) atoms. The Labute approximate surface area is 195 Å². The van der Waals surface area contributed by atoms with Crippen molar-refractivity contribution in [2.24, 2.45) is 5.84 Å². The number of aromatic hydroxyl groups is 1. The Morgan fingerprint density at radius 3 is 2.64 bits per heavy atom. The first-order chi connectivity index (χ1) is 16.0. The molecule has 4 rings (SSSR count). The molecule has 8 nitrogen and oxygen atoms in total. The highest BCUT2D eigenvalue weighted by molar-refractivity contribution is 7.17. The largest absolute Gasteiger partial charge is 0.508 e. The molecule has 9 heteroatoms. The second-order valence-corrected chi connectivity index (χ2v) is 8.36. The lowest BCUT2D eigenvalue weighted by Crippen LogP contribution is -2.40. The fourth-order valence-corrected chi connectivity index (χ4v) is 4.40. The van der Waals surface area contributed by atoms with Gasteiger partial charge in [0.05, 0.1) is 17.9 Å². The van der Waals surface area contributed by atoms with Crippen molar-refractivity contribution < 1.29 is 9.90 Å². The number of amides is 1. The van der Waals surface area contributed by atoms with E-state index in [1.54, 1.807) is 62.2 Å². The third kappa shape index (κ3) is 4.79. The Morgan fingerprint density at radius 2 is 1.94 bits per heavy atom. The summed E-state index contributed by atoms with van der Waals surface area (Å²) >= 11 is 1.20. The maximum absolute atomic E-state index is 13.5. The van der Waals surface area contributed by atoms with E-state index in [9.17, 15) is 9.90 Å². The highest BCUT2D eigenvalue weighted by Crippen LogP contribution is 2.36. The van der Waals surface area contributed by atoms with Gasteiger partial charge < -0.3 is 5.11 Å². The zero-order chi connectivity index (χ0) is 23.4. The van der Waals surface area contributed by atoms with Crippen molar-refractivity contribution in [3.05, 3.63) is 95.7 Å². The van der Waals surface area contributed by atoms with Gasteiger partial charge in [0.15, 0.2) is 0 Å². The molecular formula is C24H22N6O2S. The number of hydrazine groups is 1. The summed E-state index contributed by atoms with van der Waals surface area (Å²) < 4.78 is 0. The van der Waals surface area contributed by atoms with Crippen molar-refractivity contribution in [2.75, 3.05) is 0 Å². The molecule has 3 N–H and O–H groups in total. The average Bonchev–Trinajstić information content (AvgIpc) is 3.24. The monoisotopic (exact) mass is 458 g/mol. The van der Waals surface area contributed by atoms with E-state index in [1.165, 1.54) is 11.3 Å². The Balaban J connectivity index is 1.67. The van der Waals surface area contributed by atoms with Crippen LogP contribution in [-0.2, 0) is 0 Å². The van der Waals surface area contributed by atoms with E-state index >= 15 is 0 Å². The molecule has 0 aliphatic heterocycles. The second kappa shape index (κ2) is 9.68. The first kappa shape index (κ1) is 22.3. The Kier molecular flexibility index (Phi) is 6.53. The van der Waals surface area contributed by atoms with Gasteiger partial charge >= 0.3 is 0 Å². The molecule has 0 bridgehead atoms. The minimum absolute atomic E-state index is 0.0472. The number of carbonyl (C=O) groups excluding carboxylic acids is 1. The van der Waals surface area contributed by atoms with Crippen LogP contribution in [0.25, 0.3) is 16.3 Å². The molecule has 1 aromatic carbocycles. The van der Waals surface area contributed by atoms with Gasteiger partial charge in [0.1, 0.15) is 21.3 Å². The number of hydrogen-bond donors (Lipinski definition) is 2. The van der Waals surface area contributed by atoms with Crippen LogP contribution in [0.4, 0.5) is 0 Å². The number of pyridine rings is 1. The number of aromatic nitrogens is 4. The molecule has 3 aromatic heterocycles. The Bertz CT molecular complexity index is 1280. The third-order valence-electron chi connectivity index (χ3n) is 5.15. The number of phenolic OH excluding ortho intramolecular Hbond substituents is 1. The molecule has 166 valence electrons. The molecule has 0 aliphatic rings. The van der Waals surface area contributed by atoms with E-state index in [0.29, 0.717) is 33.3 Å². The van der Waals surface area contributed by atoms with E-state index < -0.39 is 11.9 Å². The molecule has 0 saturated carbocycles. The highest BCUT2D eigenvalue weighted by Gasteiger charge is 2.29. The maximum atomic E-state index is 13.5. The molecule has 0 fully saturated rings. The normalized spacial score (nSPS) is 11.7. The minimum atomic E-state index is -0.659. The number of nitrogens with two attached hydrogens (primary N) is 1. The molecular weight excluding hydrogens is 436 g/mol. The van der Waals surface area contributed by atoms with Gasteiger partial charge in [-0.25, -0.2) is 10.8 Å². The Hall–Kier alpha value is -3.95. The number of para-hydroxylation sites is 1. The smallest absolute Gasteiger partial charge is 0.280 e. The number of phenols is 1. The van der Waals surface area contributed by atoms with Crippen LogP contribution in [-0.4, -0.2) is 36.0 Å². The number of nitrogens with zero attached hydrogens (tertiary/aromatic N) is 5. The van der Waals surface area contributed by atoms with Gasteiger partial charge in [-0.1, -0.05) is 30.8 Å². The van der Waals surface area contributed by atoms with Crippen molar-refractivity contribution in [2.45, 2.75) is 19.4 Å². The lowest BCUT2D eigenvalue weighted by molar-refractivity contribution is 0.0681. The maximum Gasteiger partial charge on any atom is 0.280 e. The molecule has 1 atom stereocenters. The minimum Gasteiger partial charge on any atom is -0.508 e. The number of carbonyl (C=O) groups is 1. The van der Waals surface area contributed by atoms with Crippen LogP contribution in [0.15, 0.2) is 74.0 Å². The summed E-state index contributed by atoms with van der Waals surface area (Å²) in [4.78, 5) is 30.8. The van der Waals surface area contributed by atoms with E-state index in [0.717, 1.165) is 16.1 Å². The zero-order valence-corrected chi connectivity index (χ0v) is 18.7. The van der Waals surface area contributed by atoms with Crippen molar-refractivity contribution in [1.82, 2.24) is 24.9 Å². The van der Waals surface area contributed by atoms with E-state index in [1.807, 2.05) is 12.1 Å². The zero-order valence-electron chi connectivity index (χ0n) is 17.9. The molecule has 1 unspecified atom stereocenters. The third-order valence-corrected chi connectivity index (χ3v) is 6.32. The van der Waals surface area contributed by atoms with E-state index in [4.69, 9.17) is 5.84 Å². The molecule has 4 aromatic rings. The van der Waals surface area contributed by atoms with Crippen molar-refractivity contribution in [3.63, 3.8) is 0 Å². The Morgan fingerprint density at radius 1 is 1.15 bits per heavy atom. The number of benzene rings is 1. The summed E-state index contributed by atoms with van der Waals surface area (Å²) in [5, 5.41) is 12.2. The second-order valence-electron chi connectivity index (χ2n) is 7.36. The van der Waals surface area contributed by atoms with E-state index in [-0.39, 0.29) is 5.75 Å². The summed E-state index contributed by atoms with van der Waals surface area (Å²) in [6.07, 6.45) is 8.42. The van der Waals surface area contributed by atoms with Gasteiger partial charge in [0.25, 0.3) is 5.91 Å². The van der Waals surface area contributed by atoms with Gasteiger partial charge in [-0.3, -0.25) is 24.8 Å². The predicted molar refractivity (Wildman–Crippen MR) is 127 cm³/mol. The fourth-order valence-electron chi connectivity index (χ4n) is 3.42. The van der Waals surface area contributed by atoms with Gasteiger partial charge in [-0.2, -0.15) is 0 Å². The first-order valence-electron chi connectivity index (χ1n) is 10.1. The predicted octanol–water partition coefficient (Wildman–Crippen LogP) is 4.17. The SMILES string of the molecule is C=C(CC(c1ccccc1O)N(N)C(=O)c1sc(-c2cnccn2)nc1C)c1cccnc1. The summed E-state index contributed by atoms with van der Waals surface area (Å²) in [6.45, 7) is 5.91. The van der Waals surface area contributed by atoms with Gasteiger partial charge in [-0.05, 0) is 36.6 Å². The number of rotatable bonds is 7. The molecule has 3 heterocycles. The van der Waals surface area contributed by atoms with Crippen LogP contribution in [0.2, 0.25) is 0 Å². The molecule has 0 radical (unpaired) electrons. The number of thiazole rings is 1. The number of hydrogen-bond acceptors (Lipinski definition) is 8. The van der Waals surface area contributed by atoms with E-state index in [2.05, 4.69) is 26.5 Å². The molecule has 0 aliphatic carbocycles. The van der Waals surface area contributed by atoms with Gasteiger partial charge in [0, 0.05) is 30.4 Å². The van der Waals surface area contributed by atoms with Gasteiger partial charge in [0.2, 0.25) is 0 Å². The summed E-state index contributed by atoms with van der Waals surface area (Å²) in [5.41, 5.74) is 3.21. The molecule has 0 spiro atoms. The van der Waals surface area contributed by atoms with Crippen LogP contribution in [0.1, 0.15) is 39.0 Å². The molecule has 0 saturated heterocycles. The lowest BCUT2D eigenvalue weighted by Gasteiger charge is -2.29. The van der Waals surface area contributed by atoms with Crippen molar-refractivity contribution in [3.8, 4) is 16.5 Å². The van der Waals surface area contributed by atoms with Crippen LogP contribution in [0.3, 0.4) is 0 Å².